The molecule has 7 nitrogen and oxygen atoms in total. The van der Waals surface area contributed by atoms with Gasteiger partial charge in [-0.25, -0.2) is 0 Å². The van der Waals surface area contributed by atoms with Crippen LogP contribution in [0.2, 0.25) is 0 Å². The van der Waals surface area contributed by atoms with Crippen LogP contribution in [0.1, 0.15) is 48.0 Å². The Hall–Kier alpha value is -2.41. The van der Waals surface area contributed by atoms with Crippen molar-refractivity contribution in [3.05, 3.63) is 35.4 Å². The van der Waals surface area contributed by atoms with Gasteiger partial charge in [0.25, 0.3) is 5.91 Å². The topological polar surface area (TPSA) is 87.7 Å². The molecule has 1 unspecified atom stereocenters. The van der Waals surface area contributed by atoms with Gasteiger partial charge in [0, 0.05) is 44.8 Å². The number of hydrogen-bond acceptors (Lipinski definition) is 4. The van der Waals surface area contributed by atoms with Crippen LogP contribution < -0.4 is 10.6 Å². The lowest BCUT2D eigenvalue weighted by molar-refractivity contribution is -0.134. The van der Waals surface area contributed by atoms with Crippen LogP contribution in [-0.2, 0) is 14.3 Å². The molecule has 2 aliphatic rings. The number of piperidine rings is 1. The van der Waals surface area contributed by atoms with Crippen LogP contribution in [0.25, 0.3) is 0 Å². The summed E-state index contributed by atoms with van der Waals surface area (Å²) in [6, 6.07) is 6.74. The van der Waals surface area contributed by atoms with Gasteiger partial charge in [0.1, 0.15) is 6.04 Å². The van der Waals surface area contributed by atoms with E-state index in [1.165, 1.54) is 0 Å². The van der Waals surface area contributed by atoms with Gasteiger partial charge >= 0.3 is 0 Å². The molecule has 0 spiro atoms. The fourth-order valence-electron chi connectivity index (χ4n) is 3.99. The number of aryl methyl sites for hydroxylation is 1. The predicted octanol–water partition coefficient (Wildman–Crippen LogP) is 1.89. The summed E-state index contributed by atoms with van der Waals surface area (Å²) in [7, 11) is 1.63. The van der Waals surface area contributed by atoms with E-state index in [0.29, 0.717) is 44.6 Å². The number of nitrogens with one attached hydrogen (secondary N) is 2. The maximum Gasteiger partial charge on any atom is 0.251 e. The predicted molar refractivity (Wildman–Crippen MR) is 114 cm³/mol. The Kier molecular flexibility index (Phi) is 7.85. The minimum atomic E-state index is -0.612. The first-order valence-electron chi connectivity index (χ1n) is 10.9. The number of methoxy groups -OCH3 is 1. The van der Waals surface area contributed by atoms with E-state index >= 15 is 0 Å². The van der Waals surface area contributed by atoms with Crippen LogP contribution in [0.15, 0.2) is 24.3 Å². The standard InChI is InChI=1S/C23H33N3O4/c1-16-5-3-6-19(15-16)21(27)25-20(22(28)24-11-4-14-30-2)17-9-12-26(13-10-17)23(29)18-7-8-18/h3,5-6,15,17-18,20H,4,7-14H2,1-2H3,(H,24,28)(H,25,27). The molecule has 164 valence electrons. The third-order valence-corrected chi connectivity index (χ3v) is 5.92. The molecule has 3 rings (SSSR count). The summed E-state index contributed by atoms with van der Waals surface area (Å²) in [5.74, 6) is 0.0519. The van der Waals surface area contributed by atoms with Crippen molar-refractivity contribution in [1.29, 1.82) is 0 Å². The summed E-state index contributed by atoms with van der Waals surface area (Å²) in [5.41, 5.74) is 1.55. The maximum absolute atomic E-state index is 12.9. The number of amides is 3. The Bertz CT molecular complexity index is 755. The Morgan fingerprint density at radius 2 is 1.90 bits per heavy atom. The Labute approximate surface area is 178 Å². The van der Waals surface area contributed by atoms with Crippen molar-refractivity contribution in [3.63, 3.8) is 0 Å². The van der Waals surface area contributed by atoms with Gasteiger partial charge in [0.2, 0.25) is 11.8 Å². The van der Waals surface area contributed by atoms with Gasteiger partial charge in [-0.3, -0.25) is 14.4 Å². The highest BCUT2D eigenvalue weighted by molar-refractivity contribution is 5.97. The summed E-state index contributed by atoms with van der Waals surface area (Å²) in [6.45, 7) is 4.30. The van der Waals surface area contributed by atoms with Crippen molar-refractivity contribution >= 4 is 17.7 Å². The molecule has 30 heavy (non-hydrogen) atoms. The SMILES string of the molecule is COCCCNC(=O)C(NC(=O)c1cccc(C)c1)C1CCN(C(=O)C2CC2)CC1. The number of ether oxygens (including phenoxy) is 1. The van der Waals surface area contributed by atoms with Crippen LogP contribution in [0.5, 0.6) is 0 Å². The zero-order valence-corrected chi connectivity index (χ0v) is 18.0. The lowest BCUT2D eigenvalue weighted by Gasteiger charge is -2.36. The highest BCUT2D eigenvalue weighted by Gasteiger charge is 2.38. The Balaban J connectivity index is 1.63. The fourth-order valence-corrected chi connectivity index (χ4v) is 3.99. The molecule has 1 aromatic carbocycles. The third-order valence-electron chi connectivity index (χ3n) is 5.92. The second kappa shape index (κ2) is 10.6. The van der Waals surface area contributed by atoms with E-state index in [-0.39, 0.29) is 29.6 Å². The summed E-state index contributed by atoms with van der Waals surface area (Å²) in [5, 5.41) is 5.90. The van der Waals surface area contributed by atoms with E-state index < -0.39 is 6.04 Å². The molecule has 1 saturated heterocycles. The number of likely N-dealkylation sites (tertiary alicyclic amines) is 1. The molecular formula is C23H33N3O4. The van der Waals surface area contributed by atoms with Crippen molar-refractivity contribution in [3.8, 4) is 0 Å². The van der Waals surface area contributed by atoms with E-state index in [4.69, 9.17) is 4.74 Å². The molecule has 3 amide bonds. The molecular weight excluding hydrogens is 382 g/mol. The zero-order chi connectivity index (χ0) is 21.5. The van der Waals surface area contributed by atoms with Crippen LogP contribution >= 0.6 is 0 Å². The summed E-state index contributed by atoms with van der Waals surface area (Å²) >= 11 is 0. The van der Waals surface area contributed by atoms with Crippen molar-refractivity contribution in [2.75, 3.05) is 33.4 Å². The van der Waals surface area contributed by atoms with E-state index in [0.717, 1.165) is 24.8 Å². The highest BCUT2D eigenvalue weighted by Crippen LogP contribution is 2.33. The van der Waals surface area contributed by atoms with E-state index in [2.05, 4.69) is 10.6 Å². The van der Waals surface area contributed by atoms with Crippen molar-refractivity contribution in [2.24, 2.45) is 11.8 Å². The molecule has 0 bridgehead atoms. The molecule has 1 saturated carbocycles. The van der Waals surface area contributed by atoms with Crippen LogP contribution in [0.3, 0.4) is 0 Å². The van der Waals surface area contributed by atoms with Gasteiger partial charge in [0.05, 0.1) is 0 Å². The Morgan fingerprint density at radius 3 is 2.53 bits per heavy atom. The van der Waals surface area contributed by atoms with Crippen molar-refractivity contribution < 1.29 is 19.1 Å². The summed E-state index contributed by atoms with van der Waals surface area (Å²) in [6.07, 6.45) is 4.14. The quantitative estimate of drug-likeness (QED) is 0.603. The normalized spacial score (nSPS) is 18.0. The van der Waals surface area contributed by atoms with E-state index in [1.807, 2.05) is 30.0 Å². The average Bonchev–Trinajstić information content (AvgIpc) is 3.60. The average molecular weight is 416 g/mol. The van der Waals surface area contributed by atoms with Gasteiger partial charge in [-0.15, -0.1) is 0 Å². The molecule has 7 heteroatoms. The molecule has 0 aromatic heterocycles. The second-order valence-corrected chi connectivity index (χ2v) is 8.39. The molecule has 1 aromatic rings. The van der Waals surface area contributed by atoms with Crippen LogP contribution in [0, 0.1) is 18.8 Å². The smallest absolute Gasteiger partial charge is 0.251 e. The monoisotopic (exact) mass is 415 g/mol. The zero-order valence-electron chi connectivity index (χ0n) is 18.0. The lowest BCUT2D eigenvalue weighted by Crippen LogP contribution is -2.54. The third kappa shape index (κ3) is 6.05. The van der Waals surface area contributed by atoms with Gasteiger partial charge in [-0.2, -0.15) is 0 Å². The van der Waals surface area contributed by atoms with Crippen LogP contribution in [-0.4, -0.2) is 62.0 Å². The van der Waals surface area contributed by atoms with Crippen molar-refractivity contribution in [1.82, 2.24) is 15.5 Å². The first-order valence-corrected chi connectivity index (χ1v) is 10.9. The number of nitrogens with zero attached hydrogens (tertiary/aromatic N) is 1. The summed E-state index contributed by atoms with van der Waals surface area (Å²) < 4.78 is 5.03. The fraction of sp³-hybridized carbons (Fsp3) is 0.609. The van der Waals surface area contributed by atoms with Crippen molar-refractivity contribution in [2.45, 2.75) is 45.1 Å². The molecule has 1 aliphatic carbocycles. The van der Waals surface area contributed by atoms with Crippen LogP contribution in [0.4, 0.5) is 0 Å². The first kappa shape index (κ1) is 22.3. The molecule has 2 fully saturated rings. The number of carbonyl (C=O) groups excluding carboxylic acids is 3. The van der Waals surface area contributed by atoms with Gasteiger partial charge in [-0.05, 0) is 57.1 Å². The molecule has 1 aliphatic heterocycles. The highest BCUT2D eigenvalue weighted by atomic mass is 16.5. The maximum atomic E-state index is 12.9. The molecule has 2 N–H and O–H groups in total. The van der Waals surface area contributed by atoms with E-state index in [1.54, 1.807) is 13.2 Å². The number of rotatable bonds is 9. The lowest BCUT2D eigenvalue weighted by atomic mass is 9.88. The number of benzene rings is 1. The number of hydrogen-bond donors (Lipinski definition) is 2. The van der Waals surface area contributed by atoms with Gasteiger partial charge in [0.15, 0.2) is 0 Å². The molecule has 1 atom stereocenters. The minimum absolute atomic E-state index is 0.00411. The molecule has 0 radical (unpaired) electrons. The summed E-state index contributed by atoms with van der Waals surface area (Å²) in [4.78, 5) is 40.0. The van der Waals surface area contributed by atoms with Gasteiger partial charge < -0.3 is 20.3 Å². The van der Waals surface area contributed by atoms with Gasteiger partial charge in [-0.1, -0.05) is 17.7 Å². The largest absolute Gasteiger partial charge is 0.385 e. The Morgan fingerprint density at radius 1 is 1.17 bits per heavy atom. The minimum Gasteiger partial charge on any atom is -0.385 e. The van der Waals surface area contributed by atoms with E-state index in [9.17, 15) is 14.4 Å². The number of carbonyl (C=O) groups is 3. The first-order chi connectivity index (χ1) is 14.5. The molecule has 1 heterocycles. The second-order valence-electron chi connectivity index (χ2n) is 8.39.